The number of carbonyl (C=O) groups is 2. The van der Waals surface area contributed by atoms with Gasteiger partial charge in [-0.1, -0.05) is 29.8 Å². The number of hydrogen-bond donors (Lipinski definition) is 1. The van der Waals surface area contributed by atoms with Crippen LogP contribution in [0, 0.1) is 6.92 Å². The number of carbonyl (C=O) groups excluding carboxylic acids is 2. The molecule has 1 aromatic heterocycles. The van der Waals surface area contributed by atoms with E-state index in [1.165, 1.54) is 12.8 Å². The number of ketones is 1. The Kier molecular flexibility index (Phi) is 6.00. The largest absolute Gasteiger partial charge is 0.357 e. The Morgan fingerprint density at radius 1 is 1.08 bits per heavy atom. The summed E-state index contributed by atoms with van der Waals surface area (Å²) in [6, 6.07) is 11.4. The summed E-state index contributed by atoms with van der Waals surface area (Å²) in [7, 11) is 0. The quantitative estimate of drug-likeness (QED) is 0.778. The van der Waals surface area contributed by atoms with E-state index in [0.29, 0.717) is 12.1 Å². The van der Waals surface area contributed by atoms with Gasteiger partial charge >= 0.3 is 0 Å². The van der Waals surface area contributed by atoms with Gasteiger partial charge in [-0.3, -0.25) is 9.59 Å². The number of rotatable bonds is 7. The fourth-order valence-corrected chi connectivity index (χ4v) is 3.09. The highest BCUT2D eigenvalue weighted by atomic mass is 16.2. The number of anilines is 1. The lowest BCUT2D eigenvalue weighted by Gasteiger charge is -2.17. The predicted octanol–water partition coefficient (Wildman–Crippen LogP) is 3.27. The summed E-state index contributed by atoms with van der Waals surface area (Å²) in [5, 5.41) is 2.90. The van der Waals surface area contributed by atoms with E-state index >= 15 is 0 Å². The third-order valence-electron chi connectivity index (χ3n) is 4.68. The molecule has 0 spiro atoms. The Labute approximate surface area is 154 Å². The molecule has 1 aliphatic rings. The van der Waals surface area contributed by atoms with Gasteiger partial charge in [-0.05, 0) is 37.5 Å². The minimum atomic E-state index is -0.106. The number of nitrogens with one attached hydrogen (secondary N) is 1. The maximum atomic E-state index is 12.1. The van der Waals surface area contributed by atoms with E-state index in [-0.39, 0.29) is 24.5 Å². The van der Waals surface area contributed by atoms with Gasteiger partial charge in [0, 0.05) is 44.2 Å². The Bertz CT molecular complexity index is 765. The van der Waals surface area contributed by atoms with E-state index in [0.717, 1.165) is 30.0 Å². The van der Waals surface area contributed by atoms with E-state index in [9.17, 15) is 9.59 Å². The maximum Gasteiger partial charge on any atom is 0.220 e. The number of amides is 1. The van der Waals surface area contributed by atoms with Crippen molar-refractivity contribution >= 4 is 17.5 Å². The number of aryl methyl sites for hydroxylation is 1. The number of Topliss-reactive ketones (excluding diaryl/α,β-unsaturated/α-hetero) is 1. The minimum Gasteiger partial charge on any atom is -0.357 e. The fourth-order valence-electron chi connectivity index (χ4n) is 3.09. The number of pyridine rings is 1. The zero-order valence-corrected chi connectivity index (χ0v) is 15.2. The van der Waals surface area contributed by atoms with Crippen molar-refractivity contribution in [2.24, 2.45) is 0 Å². The van der Waals surface area contributed by atoms with Gasteiger partial charge in [-0.2, -0.15) is 0 Å². The van der Waals surface area contributed by atoms with Crippen LogP contribution in [0.5, 0.6) is 0 Å². The van der Waals surface area contributed by atoms with Crippen LogP contribution in [0.2, 0.25) is 0 Å². The molecular formula is C21H25N3O2. The van der Waals surface area contributed by atoms with Crippen molar-refractivity contribution < 1.29 is 9.59 Å². The van der Waals surface area contributed by atoms with E-state index < -0.39 is 0 Å². The Hall–Kier alpha value is -2.69. The highest BCUT2D eigenvalue weighted by molar-refractivity contribution is 5.97. The van der Waals surface area contributed by atoms with Crippen molar-refractivity contribution in [3.05, 3.63) is 59.3 Å². The molecule has 0 saturated carbocycles. The summed E-state index contributed by atoms with van der Waals surface area (Å²) < 4.78 is 0. The molecule has 1 aromatic carbocycles. The van der Waals surface area contributed by atoms with Gasteiger partial charge in [0.1, 0.15) is 5.82 Å². The molecule has 0 unspecified atom stereocenters. The summed E-state index contributed by atoms with van der Waals surface area (Å²) in [6.45, 7) is 4.53. The lowest BCUT2D eigenvalue weighted by molar-refractivity contribution is -0.121. The second kappa shape index (κ2) is 8.61. The van der Waals surface area contributed by atoms with Crippen LogP contribution in [-0.4, -0.2) is 29.8 Å². The molecule has 3 rings (SSSR count). The summed E-state index contributed by atoms with van der Waals surface area (Å²) in [6.07, 6.45) is 4.63. The molecule has 1 aliphatic heterocycles. The van der Waals surface area contributed by atoms with Gasteiger partial charge in [0.2, 0.25) is 5.91 Å². The average molecular weight is 351 g/mol. The highest BCUT2D eigenvalue weighted by Crippen LogP contribution is 2.18. The first kappa shape index (κ1) is 18.1. The van der Waals surface area contributed by atoms with Gasteiger partial charge < -0.3 is 10.2 Å². The average Bonchev–Trinajstić information content (AvgIpc) is 3.20. The van der Waals surface area contributed by atoms with Gasteiger partial charge in [0.25, 0.3) is 0 Å². The standard InChI is InChI=1S/C21H25N3O2/c1-16-4-6-18(7-5-16)19(25)8-9-21(26)23-15-17-10-11-22-20(14-17)24-12-2-3-13-24/h4-7,10-11,14H,2-3,8-9,12-13,15H2,1H3,(H,23,26). The van der Waals surface area contributed by atoms with Crippen molar-refractivity contribution in [3.63, 3.8) is 0 Å². The van der Waals surface area contributed by atoms with E-state index in [4.69, 9.17) is 0 Å². The zero-order valence-electron chi connectivity index (χ0n) is 15.2. The van der Waals surface area contributed by atoms with Crippen LogP contribution in [0.4, 0.5) is 5.82 Å². The normalized spacial score (nSPS) is 13.7. The van der Waals surface area contributed by atoms with Gasteiger partial charge in [-0.25, -0.2) is 4.98 Å². The first-order valence-corrected chi connectivity index (χ1v) is 9.18. The molecule has 0 aliphatic carbocycles. The lowest BCUT2D eigenvalue weighted by atomic mass is 10.0. The van der Waals surface area contributed by atoms with Crippen LogP contribution in [0.15, 0.2) is 42.6 Å². The number of aromatic nitrogens is 1. The minimum absolute atomic E-state index is 0.000353. The van der Waals surface area contributed by atoms with Crippen molar-refractivity contribution in [2.75, 3.05) is 18.0 Å². The molecule has 2 heterocycles. The molecule has 1 N–H and O–H groups in total. The first-order valence-electron chi connectivity index (χ1n) is 9.18. The topological polar surface area (TPSA) is 62.3 Å². The van der Waals surface area contributed by atoms with Crippen molar-refractivity contribution in [1.82, 2.24) is 10.3 Å². The Morgan fingerprint density at radius 2 is 1.81 bits per heavy atom. The number of nitrogens with zero attached hydrogens (tertiary/aromatic N) is 2. The molecule has 0 bridgehead atoms. The molecule has 1 fully saturated rings. The second-order valence-corrected chi connectivity index (χ2v) is 6.78. The zero-order chi connectivity index (χ0) is 18.4. The lowest BCUT2D eigenvalue weighted by Crippen LogP contribution is -2.24. The van der Waals surface area contributed by atoms with Crippen LogP contribution in [0.3, 0.4) is 0 Å². The maximum absolute atomic E-state index is 12.1. The molecular weight excluding hydrogens is 326 g/mol. The smallest absolute Gasteiger partial charge is 0.220 e. The van der Waals surface area contributed by atoms with Crippen LogP contribution >= 0.6 is 0 Å². The van der Waals surface area contributed by atoms with Gasteiger partial charge in [0.05, 0.1) is 0 Å². The molecule has 26 heavy (non-hydrogen) atoms. The molecule has 2 aromatic rings. The molecule has 1 amide bonds. The monoisotopic (exact) mass is 351 g/mol. The van der Waals surface area contributed by atoms with Crippen LogP contribution < -0.4 is 10.2 Å². The molecule has 5 nitrogen and oxygen atoms in total. The predicted molar refractivity (Wildman–Crippen MR) is 102 cm³/mol. The van der Waals surface area contributed by atoms with Crippen molar-refractivity contribution in [3.8, 4) is 0 Å². The Balaban J connectivity index is 1.46. The third kappa shape index (κ3) is 4.91. The first-order chi connectivity index (χ1) is 12.6. The summed E-state index contributed by atoms with van der Waals surface area (Å²) in [4.78, 5) is 30.9. The molecule has 0 atom stereocenters. The van der Waals surface area contributed by atoms with Crippen LogP contribution in [0.1, 0.15) is 47.2 Å². The summed E-state index contributed by atoms with van der Waals surface area (Å²) in [5.74, 6) is 0.870. The third-order valence-corrected chi connectivity index (χ3v) is 4.68. The van der Waals surface area contributed by atoms with E-state index in [1.54, 1.807) is 6.20 Å². The fraction of sp³-hybridized carbons (Fsp3) is 0.381. The molecule has 136 valence electrons. The Morgan fingerprint density at radius 3 is 2.54 bits per heavy atom. The number of benzene rings is 1. The number of hydrogen-bond acceptors (Lipinski definition) is 4. The summed E-state index contributed by atoms with van der Waals surface area (Å²) >= 11 is 0. The van der Waals surface area contributed by atoms with Gasteiger partial charge in [0.15, 0.2) is 5.78 Å². The SMILES string of the molecule is Cc1ccc(C(=O)CCC(=O)NCc2ccnc(N3CCCC3)c2)cc1. The second-order valence-electron chi connectivity index (χ2n) is 6.78. The molecule has 5 heteroatoms. The highest BCUT2D eigenvalue weighted by Gasteiger charge is 2.14. The van der Waals surface area contributed by atoms with E-state index in [1.807, 2.05) is 43.3 Å². The van der Waals surface area contributed by atoms with Gasteiger partial charge in [-0.15, -0.1) is 0 Å². The van der Waals surface area contributed by atoms with Crippen LogP contribution in [0.25, 0.3) is 0 Å². The van der Waals surface area contributed by atoms with E-state index in [2.05, 4.69) is 15.2 Å². The summed E-state index contributed by atoms with van der Waals surface area (Å²) in [5.41, 5.74) is 2.80. The molecule has 0 radical (unpaired) electrons. The molecule has 1 saturated heterocycles. The van der Waals surface area contributed by atoms with Crippen molar-refractivity contribution in [2.45, 2.75) is 39.2 Å². The van der Waals surface area contributed by atoms with Crippen LogP contribution in [-0.2, 0) is 11.3 Å². The van der Waals surface area contributed by atoms with Crippen molar-refractivity contribution in [1.29, 1.82) is 0 Å².